The Hall–Kier alpha value is -1.56. The first-order valence-corrected chi connectivity index (χ1v) is 10.2. The first kappa shape index (κ1) is 20.2. The van der Waals surface area contributed by atoms with E-state index in [0.717, 1.165) is 44.6 Å². The molecule has 0 saturated carbocycles. The first-order valence-electron chi connectivity index (χ1n) is 9.45. The lowest BCUT2D eigenvalue weighted by molar-refractivity contribution is -0.134. The zero-order valence-corrected chi connectivity index (χ0v) is 16.9. The highest BCUT2D eigenvalue weighted by Gasteiger charge is 2.24. The number of benzene rings is 1. The third kappa shape index (κ3) is 5.71. The van der Waals surface area contributed by atoms with Crippen molar-refractivity contribution in [2.45, 2.75) is 19.3 Å². The van der Waals surface area contributed by atoms with Crippen molar-refractivity contribution < 1.29 is 9.59 Å². The summed E-state index contributed by atoms with van der Waals surface area (Å²) in [5.41, 5.74) is 0.837. The van der Waals surface area contributed by atoms with Crippen LogP contribution in [-0.4, -0.2) is 72.3 Å². The largest absolute Gasteiger partial charge is 0.342 e. The summed E-state index contributed by atoms with van der Waals surface area (Å²) in [7, 11) is 0. The van der Waals surface area contributed by atoms with Crippen LogP contribution in [0.15, 0.2) is 24.3 Å². The Balaban J connectivity index is 1.45. The van der Waals surface area contributed by atoms with Gasteiger partial charge in [-0.15, -0.1) is 0 Å². The Labute approximate surface area is 170 Å². The molecule has 0 N–H and O–H groups in total. The van der Waals surface area contributed by atoms with Crippen LogP contribution in [-0.2, 0) is 9.59 Å². The second kappa shape index (κ2) is 9.58. The number of carbonyl (C=O) groups is 2. The minimum Gasteiger partial charge on any atom is -0.342 e. The van der Waals surface area contributed by atoms with Crippen molar-refractivity contribution in [3.8, 4) is 0 Å². The third-order valence-electron chi connectivity index (χ3n) is 5.11. The van der Waals surface area contributed by atoms with E-state index < -0.39 is 0 Å². The van der Waals surface area contributed by atoms with Crippen molar-refractivity contribution in [2.75, 3.05) is 45.8 Å². The lowest BCUT2D eigenvalue weighted by Crippen LogP contribution is -2.51. The van der Waals surface area contributed by atoms with Crippen molar-refractivity contribution in [1.82, 2.24) is 14.7 Å². The zero-order chi connectivity index (χ0) is 19.2. The van der Waals surface area contributed by atoms with E-state index in [0.29, 0.717) is 29.7 Å². The summed E-state index contributed by atoms with van der Waals surface area (Å²) in [5, 5.41) is 0.966. The monoisotopic (exact) mass is 409 g/mol. The van der Waals surface area contributed by atoms with E-state index in [1.807, 2.05) is 15.9 Å². The van der Waals surface area contributed by atoms with Crippen molar-refractivity contribution in [3.05, 3.63) is 39.9 Å². The molecule has 1 aromatic rings. The second-order valence-electron chi connectivity index (χ2n) is 7.05. The maximum atomic E-state index is 12.4. The van der Waals surface area contributed by atoms with E-state index in [-0.39, 0.29) is 11.8 Å². The molecule has 1 aromatic carbocycles. The highest BCUT2D eigenvalue weighted by atomic mass is 35.5. The number of likely N-dealkylation sites (tertiary alicyclic amines) is 1. The van der Waals surface area contributed by atoms with Gasteiger partial charge in [-0.05, 0) is 43.0 Å². The van der Waals surface area contributed by atoms with E-state index in [4.69, 9.17) is 23.2 Å². The predicted molar refractivity (Wildman–Crippen MR) is 109 cm³/mol. The molecule has 2 saturated heterocycles. The lowest BCUT2D eigenvalue weighted by Gasteiger charge is -2.35. The minimum absolute atomic E-state index is 0.0249. The average molecular weight is 410 g/mol. The van der Waals surface area contributed by atoms with Gasteiger partial charge >= 0.3 is 0 Å². The molecule has 3 rings (SSSR count). The number of carbonyl (C=O) groups excluding carboxylic acids is 2. The van der Waals surface area contributed by atoms with Gasteiger partial charge in [-0.2, -0.15) is 0 Å². The second-order valence-corrected chi connectivity index (χ2v) is 7.86. The molecule has 2 amide bonds. The number of rotatable bonds is 4. The molecule has 0 aromatic heterocycles. The number of hydrogen-bond acceptors (Lipinski definition) is 3. The van der Waals surface area contributed by atoms with E-state index >= 15 is 0 Å². The van der Waals surface area contributed by atoms with Gasteiger partial charge in [0, 0.05) is 45.3 Å². The Morgan fingerprint density at radius 3 is 2.26 bits per heavy atom. The van der Waals surface area contributed by atoms with E-state index in [1.54, 1.807) is 24.3 Å². The topological polar surface area (TPSA) is 43.9 Å². The van der Waals surface area contributed by atoms with Crippen LogP contribution in [0.1, 0.15) is 24.8 Å². The summed E-state index contributed by atoms with van der Waals surface area (Å²) in [4.78, 5) is 30.7. The molecule has 0 unspecified atom stereocenters. The van der Waals surface area contributed by atoms with E-state index in [1.165, 1.54) is 6.42 Å². The summed E-state index contributed by atoms with van der Waals surface area (Å²) >= 11 is 11.9. The van der Waals surface area contributed by atoms with Crippen LogP contribution in [0.5, 0.6) is 0 Å². The molecular weight excluding hydrogens is 385 g/mol. The Bertz CT molecular complexity index is 709. The first-order chi connectivity index (χ1) is 13.0. The van der Waals surface area contributed by atoms with Crippen LogP contribution in [0.4, 0.5) is 0 Å². The van der Waals surface area contributed by atoms with Gasteiger partial charge in [0.25, 0.3) is 0 Å². The molecule has 2 fully saturated rings. The maximum Gasteiger partial charge on any atom is 0.246 e. The zero-order valence-electron chi connectivity index (χ0n) is 15.4. The van der Waals surface area contributed by atoms with Gasteiger partial charge in [-0.25, -0.2) is 0 Å². The quantitative estimate of drug-likeness (QED) is 0.717. The molecule has 2 heterocycles. The predicted octanol–water partition coefficient (Wildman–Crippen LogP) is 3.16. The fraction of sp³-hybridized carbons (Fsp3) is 0.500. The fourth-order valence-electron chi connectivity index (χ4n) is 3.45. The molecule has 0 aliphatic carbocycles. The lowest BCUT2D eigenvalue weighted by atomic mass is 10.1. The van der Waals surface area contributed by atoms with Gasteiger partial charge in [0.05, 0.1) is 16.6 Å². The molecule has 2 aliphatic rings. The van der Waals surface area contributed by atoms with E-state index in [2.05, 4.69) is 4.90 Å². The SMILES string of the molecule is O=C(C=Cc1ccc(Cl)c(Cl)c1)N1CCN(CC(=O)N2CCCCC2)CC1. The molecule has 7 heteroatoms. The number of amides is 2. The van der Waals surface area contributed by atoms with Crippen LogP contribution in [0.2, 0.25) is 10.0 Å². The number of nitrogens with zero attached hydrogens (tertiary/aromatic N) is 3. The van der Waals surface area contributed by atoms with Crippen LogP contribution in [0.25, 0.3) is 6.08 Å². The van der Waals surface area contributed by atoms with Crippen molar-refractivity contribution >= 4 is 41.1 Å². The molecule has 0 atom stereocenters. The standard InChI is InChI=1S/C20H25Cl2N3O2/c21-17-6-4-16(14-18(17)22)5-7-19(26)25-12-10-23(11-13-25)15-20(27)24-8-2-1-3-9-24/h4-7,14H,1-3,8-13,15H2. The van der Waals surface area contributed by atoms with Gasteiger partial charge < -0.3 is 9.80 Å². The summed E-state index contributed by atoms with van der Waals surface area (Å²) in [5.74, 6) is 0.192. The Morgan fingerprint density at radius 2 is 1.59 bits per heavy atom. The molecule has 0 bridgehead atoms. The molecule has 0 spiro atoms. The minimum atomic E-state index is -0.0249. The smallest absolute Gasteiger partial charge is 0.246 e. The Kier molecular flexibility index (Phi) is 7.16. The number of hydrogen-bond donors (Lipinski definition) is 0. The number of piperazine rings is 1. The summed E-state index contributed by atoms with van der Waals surface area (Å²) in [6.45, 7) is 4.96. The van der Waals surface area contributed by atoms with Gasteiger partial charge in [-0.1, -0.05) is 29.3 Å². The highest BCUT2D eigenvalue weighted by Crippen LogP contribution is 2.23. The fourth-order valence-corrected chi connectivity index (χ4v) is 3.76. The number of halogens is 2. The normalized spacial score (nSPS) is 18.9. The highest BCUT2D eigenvalue weighted by molar-refractivity contribution is 6.42. The van der Waals surface area contributed by atoms with Gasteiger partial charge in [-0.3, -0.25) is 14.5 Å². The van der Waals surface area contributed by atoms with Gasteiger partial charge in [0.15, 0.2) is 0 Å². The average Bonchev–Trinajstić information content (AvgIpc) is 2.70. The van der Waals surface area contributed by atoms with Gasteiger partial charge in [0.1, 0.15) is 0 Å². The molecule has 2 aliphatic heterocycles. The van der Waals surface area contributed by atoms with Crippen LogP contribution in [0.3, 0.4) is 0 Å². The van der Waals surface area contributed by atoms with Crippen molar-refractivity contribution in [1.29, 1.82) is 0 Å². The molecule has 27 heavy (non-hydrogen) atoms. The Morgan fingerprint density at radius 1 is 0.889 bits per heavy atom. The van der Waals surface area contributed by atoms with E-state index in [9.17, 15) is 9.59 Å². The van der Waals surface area contributed by atoms with Gasteiger partial charge in [0.2, 0.25) is 11.8 Å². The van der Waals surface area contributed by atoms with Crippen molar-refractivity contribution in [3.63, 3.8) is 0 Å². The van der Waals surface area contributed by atoms with Crippen LogP contribution in [0, 0.1) is 0 Å². The molecular formula is C20H25Cl2N3O2. The molecule has 0 radical (unpaired) electrons. The van der Waals surface area contributed by atoms with Crippen LogP contribution < -0.4 is 0 Å². The van der Waals surface area contributed by atoms with Crippen LogP contribution >= 0.6 is 23.2 Å². The number of piperidine rings is 1. The summed E-state index contributed by atoms with van der Waals surface area (Å²) in [6, 6.07) is 5.27. The summed E-state index contributed by atoms with van der Waals surface area (Å²) < 4.78 is 0. The third-order valence-corrected chi connectivity index (χ3v) is 5.85. The maximum absolute atomic E-state index is 12.4. The molecule has 146 valence electrons. The summed E-state index contributed by atoms with van der Waals surface area (Å²) in [6.07, 6.45) is 6.75. The van der Waals surface area contributed by atoms with Crippen molar-refractivity contribution in [2.24, 2.45) is 0 Å². The molecule has 5 nitrogen and oxygen atoms in total.